The summed E-state index contributed by atoms with van der Waals surface area (Å²) in [7, 11) is 0. The van der Waals surface area contributed by atoms with Crippen molar-refractivity contribution in [3.63, 3.8) is 0 Å². The Hall–Kier alpha value is -3.49. The number of carbonyl (C=O) groups excluding carboxylic acids is 3. The fraction of sp³-hybridized carbons (Fsp3) is 0.400. The van der Waals surface area contributed by atoms with E-state index in [1.54, 1.807) is 43.3 Å². The molecule has 0 aromatic heterocycles. The van der Waals surface area contributed by atoms with E-state index < -0.39 is 11.9 Å². The number of nitrogens with zero attached hydrogens (tertiary/aromatic N) is 1. The van der Waals surface area contributed by atoms with Crippen LogP contribution in [0.3, 0.4) is 0 Å². The van der Waals surface area contributed by atoms with Gasteiger partial charge in [0.15, 0.2) is 5.78 Å². The zero-order valence-electron chi connectivity index (χ0n) is 25.0. The summed E-state index contributed by atoms with van der Waals surface area (Å²) in [6.45, 7) is 5.99. The SMILES string of the molecule is CCN(Cc1cc(C(=O)OCCCCOC(=O)C(C)c2cccc(C(=O)c3ccccc3)c2)cc(Br)c1N)C1CCCC1. The summed E-state index contributed by atoms with van der Waals surface area (Å²) in [6, 6.07) is 20.3. The summed E-state index contributed by atoms with van der Waals surface area (Å²) in [5.74, 6) is -1.37. The molecule has 2 N–H and O–H groups in total. The predicted octanol–water partition coefficient (Wildman–Crippen LogP) is 7.31. The molecular formula is C35H41BrN2O5. The summed E-state index contributed by atoms with van der Waals surface area (Å²) in [5, 5.41) is 0. The second-order valence-electron chi connectivity index (χ2n) is 11.1. The quantitative estimate of drug-likeness (QED) is 0.0847. The van der Waals surface area contributed by atoms with Gasteiger partial charge >= 0.3 is 11.9 Å². The minimum Gasteiger partial charge on any atom is -0.465 e. The van der Waals surface area contributed by atoms with E-state index in [4.69, 9.17) is 15.2 Å². The summed E-state index contributed by atoms with van der Waals surface area (Å²) in [5.41, 5.74) is 10.2. The topological polar surface area (TPSA) is 98.9 Å². The molecule has 0 spiro atoms. The van der Waals surface area contributed by atoms with Crippen molar-refractivity contribution in [1.82, 2.24) is 4.90 Å². The highest BCUT2D eigenvalue weighted by molar-refractivity contribution is 9.10. The molecule has 43 heavy (non-hydrogen) atoms. The third-order valence-corrected chi connectivity index (χ3v) is 8.78. The number of nitrogen functional groups attached to an aromatic ring is 1. The predicted molar refractivity (Wildman–Crippen MR) is 172 cm³/mol. The molecule has 1 aliphatic rings. The van der Waals surface area contributed by atoms with Crippen LogP contribution in [0.1, 0.15) is 95.7 Å². The number of hydrogen-bond donors (Lipinski definition) is 1. The summed E-state index contributed by atoms with van der Waals surface area (Å²) in [6.07, 6.45) is 6.04. The van der Waals surface area contributed by atoms with Crippen LogP contribution < -0.4 is 5.73 Å². The van der Waals surface area contributed by atoms with Gasteiger partial charge in [-0.05, 0) is 84.4 Å². The largest absolute Gasteiger partial charge is 0.465 e. The minimum atomic E-state index is -0.517. The van der Waals surface area contributed by atoms with E-state index >= 15 is 0 Å². The Bertz CT molecular complexity index is 1400. The van der Waals surface area contributed by atoms with E-state index in [1.807, 2.05) is 30.3 Å². The molecule has 0 heterocycles. The average molecular weight is 650 g/mol. The van der Waals surface area contributed by atoms with Crippen molar-refractivity contribution in [3.8, 4) is 0 Å². The Morgan fingerprint density at radius 3 is 2.28 bits per heavy atom. The number of rotatable bonds is 14. The number of carbonyl (C=O) groups is 3. The van der Waals surface area contributed by atoms with Crippen LogP contribution in [0.15, 0.2) is 71.2 Å². The lowest BCUT2D eigenvalue weighted by Crippen LogP contribution is -2.32. The van der Waals surface area contributed by atoms with Gasteiger partial charge in [0.2, 0.25) is 0 Å². The Morgan fingerprint density at radius 2 is 1.58 bits per heavy atom. The molecule has 228 valence electrons. The molecule has 0 saturated heterocycles. The maximum absolute atomic E-state index is 12.8. The fourth-order valence-electron chi connectivity index (χ4n) is 5.50. The van der Waals surface area contributed by atoms with E-state index in [2.05, 4.69) is 27.8 Å². The number of esters is 2. The number of halogens is 1. The van der Waals surface area contributed by atoms with Crippen molar-refractivity contribution >= 4 is 39.3 Å². The minimum absolute atomic E-state index is 0.0906. The van der Waals surface area contributed by atoms with Crippen molar-refractivity contribution in [2.45, 2.75) is 70.9 Å². The van der Waals surface area contributed by atoms with Gasteiger partial charge in [0.25, 0.3) is 0 Å². The highest BCUT2D eigenvalue weighted by Gasteiger charge is 2.23. The summed E-state index contributed by atoms with van der Waals surface area (Å²) >= 11 is 3.51. The van der Waals surface area contributed by atoms with Crippen molar-refractivity contribution in [2.24, 2.45) is 0 Å². The van der Waals surface area contributed by atoms with Gasteiger partial charge < -0.3 is 15.2 Å². The molecule has 4 rings (SSSR count). The molecule has 0 aliphatic heterocycles. The van der Waals surface area contributed by atoms with E-state index in [1.165, 1.54) is 25.7 Å². The van der Waals surface area contributed by atoms with Crippen molar-refractivity contribution in [2.75, 3.05) is 25.5 Å². The van der Waals surface area contributed by atoms with Crippen LogP contribution in [0.4, 0.5) is 5.69 Å². The fourth-order valence-corrected chi connectivity index (χ4v) is 6.00. The van der Waals surface area contributed by atoms with Crippen LogP contribution in [0.2, 0.25) is 0 Å². The second kappa shape index (κ2) is 15.8. The first kappa shape index (κ1) is 32.4. The van der Waals surface area contributed by atoms with Gasteiger partial charge in [-0.25, -0.2) is 4.79 Å². The van der Waals surface area contributed by atoms with E-state index in [0.717, 1.165) is 17.7 Å². The number of nitrogens with two attached hydrogens (primary N) is 1. The molecule has 1 aliphatic carbocycles. The molecule has 3 aromatic carbocycles. The Morgan fingerprint density at radius 1 is 0.907 bits per heavy atom. The summed E-state index contributed by atoms with van der Waals surface area (Å²) in [4.78, 5) is 40.7. The number of ketones is 1. The first-order valence-corrected chi connectivity index (χ1v) is 15.9. The molecule has 1 atom stereocenters. The van der Waals surface area contributed by atoms with Crippen LogP contribution in [-0.4, -0.2) is 48.4 Å². The number of benzene rings is 3. The third kappa shape index (κ3) is 8.77. The normalized spacial score (nSPS) is 14.0. The number of unbranched alkanes of at least 4 members (excludes halogenated alkanes) is 1. The highest BCUT2D eigenvalue weighted by atomic mass is 79.9. The monoisotopic (exact) mass is 648 g/mol. The Balaban J connectivity index is 1.22. The number of anilines is 1. The van der Waals surface area contributed by atoms with Crippen LogP contribution in [0.5, 0.6) is 0 Å². The first-order valence-electron chi connectivity index (χ1n) is 15.1. The zero-order valence-corrected chi connectivity index (χ0v) is 26.6. The summed E-state index contributed by atoms with van der Waals surface area (Å²) < 4.78 is 11.7. The van der Waals surface area contributed by atoms with Gasteiger partial charge in [-0.3, -0.25) is 14.5 Å². The van der Waals surface area contributed by atoms with Crippen LogP contribution >= 0.6 is 15.9 Å². The lowest BCUT2D eigenvalue weighted by atomic mass is 9.96. The Labute approximate surface area is 262 Å². The molecule has 0 radical (unpaired) electrons. The number of hydrogen-bond acceptors (Lipinski definition) is 7. The van der Waals surface area contributed by atoms with Gasteiger partial charge in [-0.1, -0.05) is 68.3 Å². The van der Waals surface area contributed by atoms with Gasteiger partial charge in [0.1, 0.15) is 0 Å². The van der Waals surface area contributed by atoms with Gasteiger partial charge in [-0.15, -0.1) is 0 Å². The zero-order chi connectivity index (χ0) is 30.8. The lowest BCUT2D eigenvalue weighted by Gasteiger charge is -2.28. The van der Waals surface area contributed by atoms with Crippen molar-refractivity contribution in [1.29, 1.82) is 0 Å². The molecule has 3 aromatic rings. The molecule has 8 heteroatoms. The van der Waals surface area contributed by atoms with E-state index in [9.17, 15) is 14.4 Å². The molecule has 0 amide bonds. The maximum Gasteiger partial charge on any atom is 0.338 e. The molecule has 7 nitrogen and oxygen atoms in total. The molecule has 1 unspecified atom stereocenters. The number of ether oxygens (including phenoxy) is 2. The standard InChI is InChI=1S/C35H41BrN2O5/c1-3-38(30-16-7-8-17-30)23-29-21-28(22-31(36)32(29)37)35(41)43-19-10-9-18-42-34(40)24(2)26-14-11-15-27(20-26)33(39)25-12-5-4-6-13-25/h4-6,11-15,20-22,24,30H,3,7-10,16-19,23,37H2,1-2H3. The van der Waals surface area contributed by atoms with Crippen LogP contribution in [0, 0.1) is 0 Å². The molecule has 0 bridgehead atoms. The van der Waals surface area contributed by atoms with Gasteiger partial charge in [0.05, 0.1) is 30.4 Å². The van der Waals surface area contributed by atoms with E-state index in [-0.39, 0.29) is 25.0 Å². The van der Waals surface area contributed by atoms with Crippen LogP contribution in [-0.2, 0) is 20.8 Å². The first-order chi connectivity index (χ1) is 20.8. The molecule has 1 saturated carbocycles. The smallest absolute Gasteiger partial charge is 0.338 e. The maximum atomic E-state index is 12.8. The van der Waals surface area contributed by atoms with Crippen molar-refractivity contribution < 1.29 is 23.9 Å². The molecular weight excluding hydrogens is 608 g/mol. The highest BCUT2D eigenvalue weighted by Crippen LogP contribution is 2.30. The Kier molecular flexibility index (Phi) is 11.9. The third-order valence-electron chi connectivity index (χ3n) is 8.13. The van der Waals surface area contributed by atoms with Gasteiger partial charge in [0, 0.05) is 28.2 Å². The average Bonchev–Trinajstić information content (AvgIpc) is 3.57. The second-order valence-corrected chi connectivity index (χ2v) is 11.9. The molecule has 1 fully saturated rings. The lowest BCUT2D eigenvalue weighted by molar-refractivity contribution is -0.145. The van der Waals surface area contributed by atoms with Crippen LogP contribution in [0.25, 0.3) is 0 Å². The van der Waals surface area contributed by atoms with E-state index in [0.29, 0.717) is 52.3 Å². The van der Waals surface area contributed by atoms with Gasteiger partial charge in [-0.2, -0.15) is 0 Å². The van der Waals surface area contributed by atoms with Crippen molar-refractivity contribution in [3.05, 3.63) is 99.0 Å².